The number of hydrogen-bond donors (Lipinski definition) is 2. The summed E-state index contributed by atoms with van der Waals surface area (Å²) in [5, 5.41) is 7.76. The minimum absolute atomic E-state index is 0.154. The predicted octanol–water partition coefficient (Wildman–Crippen LogP) is 5.18. The van der Waals surface area contributed by atoms with E-state index in [2.05, 4.69) is 5.32 Å². The third-order valence-electron chi connectivity index (χ3n) is 4.23. The van der Waals surface area contributed by atoms with Gasteiger partial charge in [0.05, 0.1) is 16.0 Å². The van der Waals surface area contributed by atoms with E-state index in [1.165, 1.54) is 36.4 Å². The molecule has 162 valence electrons. The first-order valence-electron chi connectivity index (χ1n) is 8.77. The summed E-state index contributed by atoms with van der Waals surface area (Å²) in [7, 11) is -1.80. The number of aryl methyl sites for hydroxylation is 1. The van der Waals surface area contributed by atoms with Crippen LogP contribution in [0.2, 0.25) is 0 Å². The van der Waals surface area contributed by atoms with E-state index < -0.39 is 40.0 Å². The molecule has 0 bridgehead atoms. The molecule has 0 aliphatic rings. The molecule has 1 unspecified atom stereocenters. The van der Waals surface area contributed by atoms with Gasteiger partial charge in [0, 0.05) is 5.69 Å². The Labute approximate surface area is 177 Å². The van der Waals surface area contributed by atoms with Crippen LogP contribution in [0.3, 0.4) is 0 Å². The zero-order valence-corrected chi connectivity index (χ0v) is 16.8. The number of anilines is 1. The maximum atomic E-state index is 13.3. The molecule has 5 nitrogen and oxygen atoms in total. The smallest absolute Gasteiger partial charge is 0.416 e. The van der Waals surface area contributed by atoms with Crippen molar-refractivity contribution < 1.29 is 31.3 Å². The molecular weight excluding hydrogens is 436 g/mol. The Morgan fingerprint density at radius 3 is 2.39 bits per heavy atom. The Morgan fingerprint density at radius 2 is 1.74 bits per heavy atom. The molecule has 0 radical (unpaired) electrons. The van der Waals surface area contributed by atoms with Gasteiger partial charge in [0.25, 0.3) is 5.91 Å². The molecule has 1 atom stereocenters. The molecule has 0 saturated heterocycles. The lowest BCUT2D eigenvalue weighted by Gasteiger charge is -2.16. The molecule has 0 spiro atoms. The fourth-order valence-corrected chi connectivity index (χ4v) is 3.17. The number of amides is 1. The number of nitrogens with two attached hydrogens (primary N) is 1. The molecule has 3 aromatic carbocycles. The Balaban J connectivity index is 2.00. The zero-order chi connectivity index (χ0) is 22.8. The molecule has 0 heterocycles. The van der Waals surface area contributed by atoms with E-state index in [0.29, 0.717) is 11.6 Å². The van der Waals surface area contributed by atoms with E-state index in [9.17, 15) is 26.6 Å². The quantitative estimate of drug-likeness (QED) is 0.524. The minimum atomic E-state index is -4.68. The first kappa shape index (κ1) is 22.4. The number of carbonyl (C=O) groups excluding carboxylic acids is 1. The average molecular weight is 452 g/mol. The van der Waals surface area contributed by atoms with Crippen molar-refractivity contribution >= 4 is 22.6 Å². The first-order valence-corrected chi connectivity index (χ1v) is 9.99. The van der Waals surface area contributed by atoms with Crippen LogP contribution >= 0.6 is 0 Å². The van der Waals surface area contributed by atoms with Crippen LogP contribution in [0.5, 0.6) is 11.5 Å². The fraction of sp³-hybridized carbons (Fsp3) is 0.0952. The van der Waals surface area contributed by atoms with Crippen molar-refractivity contribution in [3.05, 3.63) is 83.2 Å². The Bertz CT molecular complexity index is 1170. The van der Waals surface area contributed by atoms with Gasteiger partial charge >= 0.3 is 6.18 Å². The van der Waals surface area contributed by atoms with Gasteiger partial charge in [0.1, 0.15) is 28.3 Å². The molecule has 10 heteroatoms. The summed E-state index contributed by atoms with van der Waals surface area (Å²) in [6, 6.07) is 11.9. The summed E-state index contributed by atoms with van der Waals surface area (Å²) in [6.07, 6.45) is -4.68. The summed E-state index contributed by atoms with van der Waals surface area (Å²) < 4.78 is 70.0. The summed E-state index contributed by atoms with van der Waals surface area (Å²) in [6.45, 7) is 1.56. The number of benzene rings is 3. The van der Waals surface area contributed by atoms with Gasteiger partial charge < -0.3 is 10.1 Å². The summed E-state index contributed by atoms with van der Waals surface area (Å²) >= 11 is 0. The van der Waals surface area contributed by atoms with E-state index in [0.717, 1.165) is 18.2 Å². The lowest BCUT2D eigenvalue weighted by atomic mass is 10.1. The number of carbonyl (C=O) groups is 1. The molecule has 31 heavy (non-hydrogen) atoms. The van der Waals surface area contributed by atoms with Crippen molar-refractivity contribution in [3.63, 3.8) is 0 Å². The number of nitrogens with one attached hydrogen (secondary N) is 1. The predicted molar refractivity (Wildman–Crippen MR) is 108 cm³/mol. The van der Waals surface area contributed by atoms with Gasteiger partial charge in [-0.1, -0.05) is 6.07 Å². The van der Waals surface area contributed by atoms with Crippen LogP contribution < -0.4 is 15.2 Å². The molecular formula is C21H16F4N2O3S. The van der Waals surface area contributed by atoms with Crippen molar-refractivity contribution in [2.75, 3.05) is 5.32 Å². The number of alkyl halides is 3. The van der Waals surface area contributed by atoms with Crippen molar-refractivity contribution in [2.24, 2.45) is 5.14 Å². The van der Waals surface area contributed by atoms with Crippen LogP contribution in [0.1, 0.15) is 21.5 Å². The molecule has 1 amide bonds. The Hall–Kier alpha value is -3.24. The summed E-state index contributed by atoms with van der Waals surface area (Å²) in [5.74, 6) is -1.37. The third kappa shape index (κ3) is 5.47. The second kappa shape index (κ2) is 8.86. The van der Waals surface area contributed by atoms with Gasteiger partial charge in [-0.25, -0.2) is 13.7 Å². The van der Waals surface area contributed by atoms with Gasteiger partial charge in [-0.2, -0.15) is 13.2 Å². The molecule has 3 aromatic rings. The lowest BCUT2D eigenvalue weighted by molar-refractivity contribution is -0.137. The highest BCUT2D eigenvalue weighted by molar-refractivity contribution is 7.82. The molecule has 3 N–H and O–H groups in total. The van der Waals surface area contributed by atoms with Gasteiger partial charge in [-0.3, -0.25) is 4.79 Å². The molecule has 0 aliphatic heterocycles. The molecule has 0 aromatic heterocycles. The van der Waals surface area contributed by atoms with Crippen LogP contribution in [0.4, 0.5) is 23.2 Å². The van der Waals surface area contributed by atoms with Crippen LogP contribution in [0.25, 0.3) is 0 Å². The normalized spacial score (nSPS) is 12.3. The Kier molecular flexibility index (Phi) is 6.42. The lowest BCUT2D eigenvalue weighted by Crippen LogP contribution is -2.15. The third-order valence-corrected chi connectivity index (χ3v) is 4.95. The van der Waals surface area contributed by atoms with Gasteiger partial charge in [-0.05, 0) is 67.1 Å². The van der Waals surface area contributed by atoms with Crippen LogP contribution in [0.15, 0.2) is 65.6 Å². The number of halogens is 4. The zero-order valence-electron chi connectivity index (χ0n) is 16.0. The number of ether oxygens (including phenoxy) is 1. The van der Waals surface area contributed by atoms with Crippen LogP contribution in [0, 0.1) is 12.7 Å². The van der Waals surface area contributed by atoms with E-state index in [1.807, 2.05) is 0 Å². The standard InChI is InChI=1S/C21H16F4N2O3S/c1-12-9-14(22)6-8-18(12)30-19-7-5-13(21(23,24)25)10-17(19)20(28)27-15-3-2-4-16(11-15)31(26)29/h2-11H,26H2,1H3,(H,27,28). The second-order valence-corrected chi connectivity index (χ2v) is 7.57. The van der Waals surface area contributed by atoms with Crippen LogP contribution in [-0.2, 0) is 17.2 Å². The largest absolute Gasteiger partial charge is 0.456 e. The van der Waals surface area contributed by atoms with Gasteiger partial charge in [0.15, 0.2) is 0 Å². The highest BCUT2D eigenvalue weighted by Gasteiger charge is 2.32. The van der Waals surface area contributed by atoms with Gasteiger partial charge in [-0.15, -0.1) is 0 Å². The number of rotatable bonds is 5. The minimum Gasteiger partial charge on any atom is -0.456 e. The van der Waals surface area contributed by atoms with E-state index in [4.69, 9.17) is 9.88 Å². The van der Waals surface area contributed by atoms with E-state index in [1.54, 1.807) is 6.92 Å². The highest BCUT2D eigenvalue weighted by Crippen LogP contribution is 2.35. The summed E-state index contributed by atoms with van der Waals surface area (Å²) in [4.78, 5) is 13.0. The first-order chi connectivity index (χ1) is 14.5. The van der Waals surface area contributed by atoms with Gasteiger partial charge in [0.2, 0.25) is 0 Å². The fourth-order valence-electron chi connectivity index (χ4n) is 2.72. The monoisotopic (exact) mass is 452 g/mol. The molecule has 0 fully saturated rings. The van der Waals surface area contributed by atoms with Crippen molar-refractivity contribution in [1.82, 2.24) is 0 Å². The van der Waals surface area contributed by atoms with Crippen molar-refractivity contribution in [3.8, 4) is 11.5 Å². The molecule has 3 rings (SSSR count). The van der Waals surface area contributed by atoms with Crippen LogP contribution in [-0.4, -0.2) is 10.1 Å². The molecule has 0 saturated carbocycles. The maximum absolute atomic E-state index is 13.3. The highest BCUT2D eigenvalue weighted by atomic mass is 32.2. The number of hydrogen-bond acceptors (Lipinski definition) is 3. The maximum Gasteiger partial charge on any atom is 0.416 e. The molecule has 0 aliphatic carbocycles. The Morgan fingerprint density at radius 1 is 1.03 bits per heavy atom. The second-order valence-electron chi connectivity index (χ2n) is 6.50. The van der Waals surface area contributed by atoms with Crippen molar-refractivity contribution in [2.45, 2.75) is 18.0 Å². The van der Waals surface area contributed by atoms with Crippen molar-refractivity contribution in [1.29, 1.82) is 0 Å². The average Bonchev–Trinajstić information content (AvgIpc) is 2.69. The van der Waals surface area contributed by atoms with E-state index in [-0.39, 0.29) is 22.1 Å². The topological polar surface area (TPSA) is 81.4 Å². The SMILES string of the molecule is Cc1cc(F)ccc1Oc1ccc(C(F)(F)F)cc1C(=O)Nc1cccc(S(N)=O)c1. The summed E-state index contributed by atoms with van der Waals surface area (Å²) in [5.41, 5.74) is -0.859. The van der Waals surface area contributed by atoms with E-state index >= 15 is 0 Å².